The van der Waals surface area contributed by atoms with Crippen LogP contribution in [0.5, 0.6) is 12.0 Å². The predicted octanol–water partition coefficient (Wildman–Crippen LogP) is 2.30. The van der Waals surface area contributed by atoms with Gasteiger partial charge in [-0.05, 0) is 39.3 Å². The first-order chi connectivity index (χ1) is 7.16. The van der Waals surface area contributed by atoms with Gasteiger partial charge < -0.3 is 8.85 Å². The van der Waals surface area contributed by atoms with Crippen LogP contribution >= 0.6 is 0 Å². The van der Waals surface area contributed by atoms with Gasteiger partial charge in [-0.3, -0.25) is 0 Å². The van der Waals surface area contributed by atoms with E-state index >= 15 is 0 Å². The van der Waals surface area contributed by atoms with Crippen LogP contribution in [0.25, 0.3) is 0 Å². The lowest BCUT2D eigenvalue weighted by atomic mass is 11.0. The molecule has 0 radical (unpaired) electrons. The minimum absolute atomic E-state index is 0.363. The molecule has 0 unspecified atom stereocenters. The fourth-order valence-corrected chi connectivity index (χ4v) is 2.21. The molecule has 0 spiro atoms. The van der Waals surface area contributed by atoms with E-state index in [9.17, 15) is 0 Å². The van der Waals surface area contributed by atoms with E-state index in [1.807, 2.05) is 0 Å². The summed E-state index contributed by atoms with van der Waals surface area (Å²) in [4.78, 5) is 12.1. The van der Waals surface area contributed by atoms with E-state index < -0.39 is 16.6 Å². The van der Waals surface area contributed by atoms with Crippen LogP contribution in [0.1, 0.15) is 0 Å². The Bertz CT molecular complexity index is 329. The van der Waals surface area contributed by atoms with E-state index in [0.29, 0.717) is 12.0 Å². The third-order valence-corrected chi connectivity index (χ3v) is 2.91. The molecule has 0 aliphatic heterocycles. The Kier molecular flexibility index (Phi) is 3.69. The van der Waals surface area contributed by atoms with Crippen molar-refractivity contribution in [2.45, 2.75) is 39.3 Å². The summed E-state index contributed by atoms with van der Waals surface area (Å²) in [6.07, 6.45) is 1.43. The summed E-state index contributed by atoms with van der Waals surface area (Å²) in [6, 6.07) is 0.727. The van der Waals surface area contributed by atoms with Gasteiger partial charge in [0.05, 0.1) is 0 Å². The second-order valence-electron chi connectivity index (χ2n) is 5.48. The van der Waals surface area contributed by atoms with Gasteiger partial charge in [0.2, 0.25) is 16.6 Å². The Morgan fingerprint density at radius 2 is 1.19 bits per heavy atom. The Morgan fingerprint density at radius 1 is 0.812 bits per heavy atom. The first-order valence-electron chi connectivity index (χ1n) is 5.23. The third-order valence-electron chi connectivity index (χ3n) is 1.32. The molecule has 1 aromatic heterocycles. The van der Waals surface area contributed by atoms with Crippen molar-refractivity contribution in [2.75, 3.05) is 0 Å². The zero-order chi connectivity index (χ0) is 12.4. The molecule has 90 valence electrons. The Balaban J connectivity index is 2.79. The minimum atomic E-state index is -1.68. The molecular formula is C9H19N3O2Si2. The lowest BCUT2D eigenvalue weighted by Crippen LogP contribution is -2.32. The average molecular weight is 257 g/mol. The average Bonchev–Trinajstić information content (AvgIpc) is 1.96. The van der Waals surface area contributed by atoms with Crippen LogP contribution in [-0.2, 0) is 0 Å². The summed E-state index contributed by atoms with van der Waals surface area (Å²) in [5.74, 6) is 0. The van der Waals surface area contributed by atoms with Crippen LogP contribution in [0, 0.1) is 0 Å². The van der Waals surface area contributed by atoms with Gasteiger partial charge in [0, 0.05) is 0 Å². The van der Waals surface area contributed by atoms with Crippen molar-refractivity contribution in [1.82, 2.24) is 15.0 Å². The molecule has 5 nitrogen and oxygen atoms in total. The molecule has 7 heteroatoms. The van der Waals surface area contributed by atoms with E-state index in [1.165, 1.54) is 6.33 Å². The summed E-state index contributed by atoms with van der Waals surface area (Å²) >= 11 is 0. The largest absolute Gasteiger partial charge is 0.518 e. The van der Waals surface area contributed by atoms with Crippen molar-refractivity contribution in [1.29, 1.82) is 0 Å². The number of nitrogens with zero attached hydrogens (tertiary/aromatic N) is 3. The maximum absolute atomic E-state index is 5.67. The fraction of sp³-hybridized carbons (Fsp3) is 0.667. The molecule has 0 aliphatic carbocycles. The van der Waals surface area contributed by atoms with Crippen LogP contribution < -0.4 is 8.85 Å². The zero-order valence-electron chi connectivity index (χ0n) is 10.7. The van der Waals surface area contributed by atoms with E-state index in [4.69, 9.17) is 8.85 Å². The Morgan fingerprint density at radius 3 is 1.50 bits per heavy atom. The van der Waals surface area contributed by atoms with Gasteiger partial charge in [-0.2, -0.15) is 9.97 Å². The summed E-state index contributed by atoms with van der Waals surface area (Å²) in [5.41, 5.74) is 0. The summed E-state index contributed by atoms with van der Waals surface area (Å²) < 4.78 is 11.3. The van der Waals surface area contributed by atoms with E-state index in [-0.39, 0.29) is 0 Å². The smallest absolute Gasteiger partial charge is 0.308 e. The van der Waals surface area contributed by atoms with Gasteiger partial charge in [0.1, 0.15) is 6.33 Å². The molecule has 0 aliphatic rings. The molecule has 1 heterocycles. The highest BCUT2D eigenvalue weighted by atomic mass is 28.4. The van der Waals surface area contributed by atoms with Crippen LogP contribution in [-0.4, -0.2) is 31.6 Å². The van der Waals surface area contributed by atoms with Crippen molar-refractivity contribution >= 4 is 16.6 Å². The number of hydrogen-bond acceptors (Lipinski definition) is 5. The molecule has 0 bridgehead atoms. The molecule has 16 heavy (non-hydrogen) atoms. The lowest BCUT2D eigenvalue weighted by Gasteiger charge is -2.19. The highest BCUT2D eigenvalue weighted by Gasteiger charge is 2.21. The molecule has 1 aromatic rings. The maximum atomic E-state index is 5.67. The third kappa shape index (κ3) is 5.22. The Labute approximate surface area is 98.5 Å². The first-order valence-corrected chi connectivity index (χ1v) is 12.0. The van der Waals surface area contributed by atoms with Crippen LogP contribution in [0.4, 0.5) is 0 Å². The van der Waals surface area contributed by atoms with Crippen molar-refractivity contribution in [3.63, 3.8) is 0 Å². The van der Waals surface area contributed by atoms with E-state index in [1.54, 1.807) is 0 Å². The molecule has 0 aromatic carbocycles. The maximum Gasteiger partial charge on any atom is 0.308 e. The van der Waals surface area contributed by atoms with Crippen molar-refractivity contribution < 1.29 is 8.85 Å². The van der Waals surface area contributed by atoms with Crippen LogP contribution in [0.2, 0.25) is 39.3 Å². The highest BCUT2D eigenvalue weighted by molar-refractivity contribution is 6.70. The SMILES string of the molecule is C[Si](C)(C)Oc1ncnc(O[Si](C)(C)C)n1. The predicted molar refractivity (Wildman–Crippen MR) is 67.8 cm³/mol. The molecule has 0 N–H and O–H groups in total. The van der Waals surface area contributed by atoms with E-state index in [0.717, 1.165) is 0 Å². The van der Waals surface area contributed by atoms with Crippen molar-refractivity contribution in [3.05, 3.63) is 6.33 Å². The summed E-state index contributed by atoms with van der Waals surface area (Å²) in [7, 11) is -3.35. The quantitative estimate of drug-likeness (QED) is 0.775. The van der Waals surface area contributed by atoms with Crippen LogP contribution in [0.15, 0.2) is 6.33 Å². The molecule has 0 saturated carbocycles. The van der Waals surface area contributed by atoms with Gasteiger partial charge in [0.15, 0.2) is 0 Å². The molecule has 0 saturated heterocycles. The standard InChI is InChI=1S/C9H19N3O2Si2/c1-15(2,3)13-8-10-7-11-9(12-8)14-16(4,5)6/h7H,1-6H3. The van der Waals surface area contributed by atoms with Gasteiger partial charge in [-0.25, -0.2) is 0 Å². The summed E-state index contributed by atoms with van der Waals surface area (Å²) in [5, 5.41) is 0. The van der Waals surface area contributed by atoms with Gasteiger partial charge in [-0.1, -0.05) is 0 Å². The molecule has 0 atom stereocenters. The number of aromatic nitrogens is 3. The molecular weight excluding hydrogens is 238 g/mol. The van der Waals surface area contributed by atoms with Crippen molar-refractivity contribution in [2.24, 2.45) is 0 Å². The molecule has 0 fully saturated rings. The summed E-state index contributed by atoms with van der Waals surface area (Å²) in [6.45, 7) is 12.5. The van der Waals surface area contributed by atoms with Crippen molar-refractivity contribution in [3.8, 4) is 12.0 Å². The highest BCUT2D eigenvalue weighted by Crippen LogP contribution is 2.14. The van der Waals surface area contributed by atoms with Gasteiger partial charge >= 0.3 is 12.0 Å². The van der Waals surface area contributed by atoms with Gasteiger partial charge in [0.25, 0.3) is 0 Å². The monoisotopic (exact) mass is 257 g/mol. The second kappa shape index (κ2) is 4.50. The first kappa shape index (κ1) is 13.1. The van der Waals surface area contributed by atoms with E-state index in [2.05, 4.69) is 54.2 Å². The number of rotatable bonds is 4. The number of hydrogen-bond donors (Lipinski definition) is 0. The van der Waals surface area contributed by atoms with Gasteiger partial charge in [-0.15, -0.1) is 4.98 Å². The topological polar surface area (TPSA) is 57.1 Å². The molecule has 0 amide bonds. The normalized spacial score (nSPS) is 12.4. The van der Waals surface area contributed by atoms with Crippen LogP contribution in [0.3, 0.4) is 0 Å². The molecule has 1 rings (SSSR count). The minimum Gasteiger partial charge on any atom is -0.518 e. The fourth-order valence-electron chi connectivity index (χ4n) is 0.913. The second-order valence-corrected chi connectivity index (χ2v) is 14.3. The lowest BCUT2D eigenvalue weighted by molar-refractivity contribution is 0.458. The zero-order valence-corrected chi connectivity index (χ0v) is 12.7. The Hall–Kier alpha value is -0.956.